The lowest BCUT2D eigenvalue weighted by Gasteiger charge is -2.37. The average Bonchev–Trinajstić information content (AvgIpc) is 2.12. The Bertz CT molecular complexity index is 471. The zero-order valence-electron chi connectivity index (χ0n) is 8.79. The lowest BCUT2D eigenvalue weighted by atomic mass is 9.62. The summed E-state index contributed by atoms with van der Waals surface area (Å²) in [6.45, 7) is 1.66. The van der Waals surface area contributed by atoms with Gasteiger partial charge in [0, 0.05) is 12.8 Å². The average molecular weight is 222 g/mol. The van der Waals surface area contributed by atoms with E-state index in [9.17, 15) is 19.1 Å². The molecule has 1 saturated carbocycles. The summed E-state index contributed by atoms with van der Waals surface area (Å²) < 4.78 is 12.9. The van der Waals surface area contributed by atoms with Gasteiger partial charge in [0.25, 0.3) is 0 Å². The molecule has 0 aliphatic heterocycles. The van der Waals surface area contributed by atoms with Crippen LogP contribution < -0.4 is 0 Å². The van der Waals surface area contributed by atoms with Gasteiger partial charge in [-0.25, -0.2) is 4.39 Å². The fourth-order valence-corrected chi connectivity index (χ4v) is 2.24. The van der Waals surface area contributed by atoms with E-state index in [2.05, 4.69) is 0 Å². The minimum absolute atomic E-state index is 0.00874. The number of ketones is 1. The molecule has 84 valence electrons. The van der Waals surface area contributed by atoms with Crippen molar-refractivity contribution in [1.29, 1.82) is 0 Å². The summed E-state index contributed by atoms with van der Waals surface area (Å²) in [6, 6.07) is 3.99. The summed E-state index contributed by atoms with van der Waals surface area (Å²) in [6.07, 6.45) is 0.0175. The summed E-state index contributed by atoms with van der Waals surface area (Å²) in [5.41, 5.74) is -0.00889. The molecule has 0 bridgehead atoms. The first kappa shape index (κ1) is 10.8. The quantitative estimate of drug-likeness (QED) is 0.830. The topological polar surface area (TPSA) is 54.4 Å². The van der Waals surface area contributed by atoms with Gasteiger partial charge in [-0.2, -0.15) is 0 Å². The number of carbonyl (C=O) groups is 2. The largest absolute Gasteiger partial charge is 0.481 e. The van der Waals surface area contributed by atoms with Crippen LogP contribution in [0.4, 0.5) is 4.39 Å². The number of aryl methyl sites for hydroxylation is 1. The first-order valence-corrected chi connectivity index (χ1v) is 4.97. The van der Waals surface area contributed by atoms with Crippen molar-refractivity contribution in [3.63, 3.8) is 0 Å². The van der Waals surface area contributed by atoms with Crippen molar-refractivity contribution < 1.29 is 19.1 Å². The van der Waals surface area contributed by atoms with Crippen LogP contribution in [0.1, 0.15) is 24.0 Å². The fraction of sp³-hybridized carbons (Fsp3) is 0.333. The summed E-state index contributed by atoms with van der Waals surface area (Å²) in [7, 11) is 0. The molecule has 2 rings (SSSR count). The highest BCUT2D eigenvalue weighted by Gasteiger charge is 2.52. The van der Waals surface area contributed by atoms with Crippen molar-refractivity contribution in [3.05, 3.63) is 35.1 Å². The zero-order chi connectivity index (χ0) is 11.9. The van der Waals surface area contributed by atoms with E-state index in [0.717, 1.165) is 0 Å². The number of carbonyl (C=O) groups excluding carboxylic acids is 1. The number of hydrogen-bond donors (Lipinski definition) is 1. The van der Waals surface area contributed by atoms with E-state index < -0.39 is 17.2 Å². The Hall–Kier alpha value is -1.71. The van der Waals surface area contributed by atoms with Gasteiger partial charge in [-0.1, -0.05) is 6.07 Å². The highest BCUT2D eigenvalue weighted by atomic mass is 19.1. The van der Waals surface area contributed by atoms with Crippen LogP contribution in [0, 0.1) is 12.7 Å². The highest BCUT2D eigenvalue weighted by molar-refractivity contribution is 6.01. The molecule has 3 nitrogen and oxygen atoms in total. The maximum absolute atomic E-state index is 12.9. The molecule has 1 aliphatic carbocycles. The number of halogens is 1. The summed E-state index contributed by atoms with van der Waals surface area (Å²) in [5.74, 6) is -1.47. The SMILES string of the molecule is Cc1cc(F)ccc1C1(C(=O)O)CC(=O)C1. The van der Waals surface area contributed by atoms with Crippen LogP contribution in [0.5, 0.6) is 0 Å². The maximum Gasteiger partial charge on any atom is 0.315 e. The number of carboxylic acid groups (broad SMARTS) is 1. The highest BCUT2D eigenvalue weighted by Crippen LogP contribution is 2.42. The maximum atomic E-state index is 12.9. The third-order valence-electron chi connectivity index (χ3n) is 3.11. The summed E-state index contributed by atoms with van der Waals surface area (Å²) in [5, 5.41) is 9.20. The van der Waals surface area contributed by atoms with Crippen LogP contribution in [0.25, 0.3) is 0 Å². The Morgan fingerprint density at radius 2 is 2.06 bits per heavy atom. The molecule has 1 aromatic rings. The molecular formula is C12H11FO3. The molecular weight excluding hydrogens is 211 g/mol. The molecule has 0 aromatic heterocycles. The van der Waals surface area contributed by atoms with E-state index in [1.807, 2.05) is 0 Å². The monoisotopic (exact) mass is 222 g/mol. The molecule has 0 radical (unpaired) electrons. The molecule has 4 heteroatoms. The van der Waals surface area contributed by atoms with E-state index in [1.54, 1.807) is 6.92 Å². The van der Waals surface area contributed by atoms with Crippen molar-refractivity contribution in [2.45, 2.75) is 25.2 Å². The van der Waals surface area contributed by atoms with Gasteiger partial charge >= 0.3 is 5.97 Å². The normalized spacial score (nSPS) is 18.0. The Labute approximate surface area is 91.9 Å². The second-order valence-corrected chi connectivity index (χ2v) is 4.24. The van der Waals surface area contributed by atoms with Crippen molar-refractivity contribution in [1.82, 2.24) is 0 Å². The first-order valence-electron chi connectivity index (χ1n) is 4.97. The minimum atomic E-state index is -1.13. The van der Waals surface area contributed by atoms with Gasteiger partial charge < -0.3 is 5.11 Å². The van der Waals surface area contributed by atoms with Gasteiger partial charge in [-0.15, -0.1) is 0 Å². The Kier molecular flexibility index (Phi) is 2.30. The lowest BCUT2D eigenvalue weighted by molar-refractivity contribution is -0.153. The van der Waals surface area contributed by atoms with Crippen molar-refractivity contribution in [2.75, 3.05) is 0 Å². The Balaban J connectivity index is 2.49. The predicted molar refractivity (Wildman–Crippen MR) is 54.7 cm³/mol. The fourth-order valence-electron chi connectivity index (χ4n) is 2.24. The molecule has 1 fully saturated rings. The van der Waals surface area contributed by atoms with E-state index in [-0.39, 0.29) is 18.6 Å². The third kappa shape index (κ3) is 1.41. The second-order valence-electron chi connectivity index (χ2n) is 4.24. The summed E-state index contributed by atoms with van der Waals surface area (Å²) >= 11 is 0. The van der Waals surface area contributed by atoms with Gasteiger partial charge in [0.15, 0.2) is 0 Å². The molecule has 0 saturated heterocycles. The predicted octanol–water partition coefficient (Wildman–Crippen LogP) is 1.82. The molecule has 0 spiro atoms. The molecule has 0 atom stereocenters. The van der Waals surface area contributed by atoms with Gasteiger partial charge in [-0.3, -0.25) is 9.59 Å². The van der Waals surface area contributed by atoms with Crippen molar-refractivity contribution >= 4 is 11.8 Å². The van der Waals surface area contributed by atoms with E-state index in [1.165, 1.54) is 18.2 Å². The molecule has 1 aromatic carbocycles. The van der Waals surface area contributed by atoms with Crippen LogP contribution in [-0.4, -0.2) is 16.9 Å². The van der Waals surface area contributed by atoms with Gasteiger partial charge in [0.2, 0.25) is 0 Å². The zero-order valence-corrected chi connectivity index (χ0v) is 8.79. The number of aliphatic carboxylic acids is 1. The molecule has 0 amide bonds. The van der Waals surface area contributed by atoms with Crippen LogP contribution in [-0.2, 0) is 15.0 Å². The van der Waals surface area contributed by atoms with Crippen LogP contribution >= 0.6 is 0 Å². The number of benzene rings is 1. The van der Waals surface area contributed by atoms with Crippen LogP contribution in [0.2, 0.25) is 0 Å². The number of rotatable bonds is 2. The van der Waals surface area contributed by atoms with Crippen LogP contribution in [0.15, 0.2) is 18.2 Å². The number of carboxylic acids is 1. The molecule has 1 aliphatic rings. The lowest BCUT2D eigenvalue weighted by Crippen LogP contribution is -2.48. The standard InChI is InChI=1S/C12H11FO3/c1-7-4-8(13)2-3-10(7)12(11(15)16)5-9(14)6-12/h2-4H,5-6H2,1H3,(H,15,16). The first-order chi connectivity index (χ1) is 7.45. The molecule has 1 N–H and O–H groups in total. The Morgan fingerprint density at radius 3 is 2.50 bits per heavy atom. The second kappa shape index (κ2) is 3.40. The number of Topliss-reactive ketones (excluding diaryl/α,β-unsaturated/α-hetero) is 1. The van der Waals surface area contributed by atoms with Crippen LogP contribution in [0.3, 0.4) is 0 Å². The summed E-state index contributed by atoms with van der Waals surface area (Å²) in [4.78, 5) is 22.3. The Morgan fingerprint density at radius 1 is 1.44 bits per heavy atom. The van der Waals surface area contributed by atoms with Crippen molar-refractivity contribution in [2.24, 2.45) is 0 Å². The molecule has 0 heterocycles. The van der Waals surface area contributed by atoms with Gasteiger partial charge in [0.05, 0.1) is 0 Å². The van der Waals surface area contributed by atoms with Gasteiger partial charge in [0.1, 0.15) is 17.0 Å². The van der Waals surface area contributed by atoms with Gasteiger partial charge in [-0.05, 0) is 30.2 Å². The molecule has 0 unspecified atom stereocenters. The minimum Gasteiger partial charge on any atom is -0.481 e. The van der Waals surface area contributed by atoms with E-state index >= 15 is 0 Å². The van der Waals surface area contributed by atoms with E-state index in [0.29, 0.717) is 11.1 Å². The smallest absolute Gasteiger partial charge is 0.315 e. The third-order valence-corrected chi connectivity index (χ3v) is 3.11. The van der Waals surface area contributed by atoms with E-state index in [4.69, 9.17) is 0 Å². The molecule has 16 heavy (non-hydrogen) atoms. The van der Waals surface area contributed by atoms with Crippen molar-refractivity contribution in [3.8, 4) is 0 Å². The number of hydrogen-bond acceptors (Lipinski definition) is 2.